The Hall–Kier alpha value is -2.52. The van der Waals surface area contributed by atoms with Crippen molar-refractivity contribution in [2.24, 2.45) is 5.92 Å². The summed E-state index contributed by atoms with van der Waals surface area (Å²) in [5.41, 5.74) is 0.484. The van der Waals surface area contributed by atoms with Crippen LogP contribution in [0.3, 0.4) is 0 Å². The van der Waals surface area contributed by atoms with Gasteiger partial charge in [-0.1, -0.05) is 35.3 Å². The largest absolute Gasteiger partial charge is 0.573 e. The Kier molecular flexibility index (Phi) is 7.68. The molecule has 37 heavy (non-hydrogen) atoms. The van der Waals surface area contributed by atoms with E-state index in [1.165, 1.54) is 18.2 Å². The highest BCUT2D eigenvalue weighted by molar-refractivity contribution is 6.53. The van der Waals surface area contributed by atoms with Crippen LogP contribution in [0.2, 0.25) is 10.0 Å². The summed E-state index contributed by atoms with van der Waals surface area (Å²) in [5, 5.41) is 3.18. The van der Waals surface area contributed by atoms with E-state index in [0.717, 1.165) is 30.3 Å². The van der Waals surface area contributed by atoms with Crippen molar-refractivity contribution in [1.82, 2.24) is 0 Å². The SMILES string of the molecule is O=C(Cc1ccc(F)cc1)c1cc(NC(=O)C2C(c3cc(Cl)cc(Cl)c3)C2(Cl)Cl)ccc1OC(F)(F)F. The smallest absolute Gasteiger partial charge is 0.405 e. The number of rotatable bonds is 7. The van der Waals surface area contributed by atoms with Gasteiger partial charge < -0.3 is 10.1 Å². The molecule has 1 N–H and O–H groups in total. The van der Waals surface area contributed by atoms with Crippen LogP contribution >= 0.6 is 46.4 Å². The quantitative estimate of drug-likeness (QED) is 0.171. The second kappa shape index (κ2) is 10.3. The van der Waals surface area contributed by atoms with E-state index in [4.69, 9.17) is 46.4 Å². The molecule has 1 aliphatic rings. The highest BCUT2D eigenvalue weighted by Gasteiger charge is 2.67. The molecule has 0 spiro atoms. The lowest BCUT2D eigenvalue weighted by Gasteiger charge is -2.15. The fourth-order valence-corrected chi connectivity index (χ4v) is 5.34. The molecule has 0 radical (unpaired) electrons. The normalized spacial score (nSPS) is 18.3. The number of ketones is 1. The average Bonchev–Trinajstić information content (AvgIpc) is 3.37. The fraction of sp³-hybridized carbons (Fsp3) is 0.200. The zero-order chi connectivity index (χ0) is 27.1. The van der Waals surface area contributed by atoms with E-state index in [-0.39, 0.29) is 12.1 Å². The lowest BCUT2D eigenvalue weighted by atomic mass is 10.0. The van der Waals surface area contributed by atoms with Crippen molar-refractivity contribution in [3.05, 3.63) is 93.2 Å². The second-order valence-electron chi connectivity index (χ2n) is 8.31. The van der Waals surface area contributed by atoms with Crippen LogP contribution in [-0.2, 0) is 11.2 Å². The van der Waals surface area contributed by atoms with Gasteiger partial charge in [0.15, 0.2) is 5.78 Å². The molecule has 2 unspecified atom stereocenters. The Morgan fingerprint density at radius 3 is 2.16 bits per heavy atom. The van der Waals surface area contributed by atoms with Crippen molar-refractivity contribution in [2.75, 3.05) is 5.32 Å². The van der Waals surface area contributed by atoms with E-state index in [0.29, 0.717) is 21.2 Å². The zero-order valence-corrected chi connectivity index (χ0v) is 21.4. The number of anilines is 1. The van der Waals surface area contributed by atoms with E-state index in [9.17, 15) is 27.2 Å². The van der Waals surface area contributed by atoms with Crippen molar-refractivity contribution in [1.29, 1.82) is 0 Å². The molecule has 1 saturated carbocycles. The summed E-state index contributed by atoms with van der Waals surface area (Å²) in [6, 6.07) is 12.7. The first-order valence-corrected chi connectivity index (χ1v) is 12.1. The summed E-state index contributed by atoms with van der Waals surface area (Å²) in [6.07, 6.45) is -5.40. The molecule has 0 aromatic heterocycles. The van der Waals surface area contributed by atoms with Gasteiger partial charge in [0.1, 0.15) is 15.9 Å². The number of ether oxygens (including phenoxy) is 1. The molecule has 12 heteroatoms. The summed E-state index contributed by atoms with van der Waals surface area (Å²) in [6.45, 7) is 0. The molecule has 0 saturated heterocycles. The number of amides is 1. The molecule has 3 aromatic rings. The highest BCUT2D eigenvalue weighted by atomic mass is 35.5. The third-order valence-corrected chi connectivity index (χ3v) is 7.01. The Morgan fingerprint density at radius 2 is 1.57 bits per heavy atom. The van der Waals surface area contributed by atoms with E-state index in [2.05, 4.69) is 10.1 Å². The Bertz CT molecular complexity index is 1340. The van der Waals surface area contributed by atoms with Gasteiger partial charge in [0.25, 0.3) is 0 Å². The highest BCUT2D eigenvalue weighted by Crippen LogP contribution is 2.65. The van der Waals surface area contributed by atoms with Crippen LogP contribution in [0.1, 0.15) is 27.4 Å². The number of carbonyl (C=O) groups excluding carboxylic acids is 2. The maximum atomic E-state index is 13.2. The third kappa shape index (κ3) is 6.49. The summed E-state index contributed by atoms with van der Waals surface area (Å²) >= 11 is 24.8. The number of hydrogen-bond acceptors (Lipinski definition) is 3. The molecule has 194 valence electrons. The summed E-state index contributed by atoms with van der Waals surface area (Å²) in [7, 11) is 0. The summed E-state index contributed by atoms with van der Waals surface area (Å²) in [4.78, 5) is 25.9. The zero-order valence-electron chi connectivity index (χ0n) is 18.4. The van der Waals surface area contributed by atoms with Gasteiger partial charge in [0, 0.05) is 28.1 Å². The Balaban J connectivity index is 1.58. The third-order valence-electron chi connectivity index (χ3n) is 5.63. The maximum absolute atomic E-state index is 13.2. The van der Waals surface area contributed by atoms with Crippen molar-refractivity contribution < 1.29 is 31.9 Å². The molecule has 1 amide bonds. The molecule has 0 bridgehead atoms. The number of benzene rings is 3. The molecule has 4 rings (SSSR count). The van der Waals surface area contributed by atoms with Crippen LogP contribution in [0.5, 0.6) is 5.75 Å². The van der Waals surface area contributed by atoms with Crippen molar-refractivity contribution in [3.8, 4) is 5.75 Å². The molecule has 1 fully saturated rings. The van der Waals surface area contributed by atoms with E-state index in [1.54, 1.807) is 12.1 Å². The Morgan fingerprint density at radius 1 is 0.946 bits per heavy atom. The van der Waals surface area contributed by atoms with Crippen molar-refractivity contribution in [2.45, 2.75) is 23.0 Å². The predicted octanol–water partition coefficient (Wildman–Crippen LogP) is 7.98. The van der Waals surface area contributed by atoms with Gasteiger partial charge >= 0.3 is 6.36 Å². The standard InChI is InChI=1S/C25H15Cl4F4NO3/c26-14-8-13(9-15(27)10-14)21-22(24(21,28)29)23(36)34-17-5-6-20(37-25(31,32)33)18(11-17)19(35)7-12-1-3-16(30)4-2-12/h1-6,8-11,21-22H,7H2,(H,34,36). The molecular weight excluding hydrogens is 580 g/mol. The van der Waals surface area contributed by atoms with Gasteiger partial charge in [0.05, 0.1) is 11.5 Å². The van der Waals surface area contributed by atoms with Crippen LogP contribution in [-0.4, -0.2) is 22.4 Å². The van der Waals surface area contributed by atoms with Gasteiger partial charge in [-0.2, -0.15) is 0 Å². The maximum Gasteiger partial charge on any atom is 0.573 e. The first-order valence-electron chi connectivity index (χ1n) is 10.6. The first-order chi connectivity index (χ1) is 17.2. The topological polar surface area (TPSA) is 55.4 Å². The molecule has 1 aliphatic carbocycles. The Labute approximate surface area is 228 Å². The second-order valence-corrected chi connectivity index (χ2v) is 10.6. The molecule has 4 nitrogen and oxygen atoms in total. The molecular formula is C25H15Cl4F4NO3. The molecule has 3 aromatic carbocycles. The molecule has 0 heterocycles. The van der Waals surface area contributed by atoms with Gasteiger partial charge in [-0.3, -0.25) is 9.59 Å². The minimum Gasteiger partial charge on any atom is -0.405 e. The van der Waals surface area contributed by atoms with Crippen LogP contribution in [0.15, 0.2) is 60.7 Å². The van der Waals surface area contributed by atoms with Crippen LogP contribution < -0.4 is 10.1 Å². The summed E-state index contributed by atoms with van der Waals surface area (Å²) < 4.78 is 54.5. The minimum absolute atomic E-state index is 0.0147. The van der Waals surface area contributed by atoms with Gasteiger partial charge in [-0.05, 0) is 59.7 Å². The van der Waals surface area contributed by atoms with Crippen molar-refractivity contribution in [3.63, 3.8) is 0 Å². The predicted molar refractivity (Wildman–Crippen MR) is 133 cm³/mol. The molecule has 0 aliphatic heterocycles. The summed E-state index contributed by atoms with van der Waals surface area (Å²) in [5.74, 6) is -4.25. The van der Waals surface area contributed by atoms with E-state index in [1.807, 2.05) is 0 Å². The van der Waals surface area contributed by atoms with Gasteiger partial charge in [-0.25, -0.2) is 4.39 Å². The lowest BCUT2D eigenvalue weighted by Crippen LogP contribution is -2.20. The monoisotopic (exact) mass is 593 g/mol. The van der Waals surface area contributed by atoms with E-state index < -0.39 is 51.4 Å². The minimum atomic E-state index is -5.06. The number of halogens is 8. The first kappa shape index (κ1) is 27.5. The van der Waals surface area contributed by atoms with E-state index >= 15 is 0 Å². The number of carbonyl (C=O) groups is 2. The van der Waals surface area contributed by atoms with Crippen LogP contribution in [0, 0.1) is 11.7 Å². The number of Topliss-reactive ketones (excluding diaryl/α,β-unsaturated/α-hetero) is 1. The molecule has 2 atom stereocenters. The van der Waals surface area contributed by atoms with Gasteiger partial charge in [0.2, 0.25) is 5.91 Å². The lowest BCUT2D eigenvalue weighted by molar-refractivity contribution is -0.274. The fourth-order valence-electron chi connectivity index (χ4n) is 3.96. The number of hydrogen-bond donors (Lipinski definition) is 1. The van der Waals surface area contributed by atoms with Crippen molar-refractivity contribution >= 4 is 63.8 Å². The van der Waals surface area contributed by atoms with Gasteiger partial charge in [-0.15, -0.1) is 36.4 Å². The van der Waals surface area contributed by atoms with Crippen LogP contribution in [0.25, 0.3) is 0 Å². The average molecular weight is 595 g/mol. The number of alkyl halides is 5. The number of nitrogens with one attached hydrogen (secondary N) is 1. The van der Waals surface area contributed by atoms with Crippen LogP contribution in [0.4, 0.5) is 23.2 Å².